The summed E-state index contributed by atoms with van der Waals surface area (Å²) in [5, 5.41) is 2.92. The van der Waals surface area contributed by atoms with Crippen molar-refractivity contribution in [3.63, 3.8) is 0 Å². The minimum atomic E-state index is -3.78. The molecule has 0 aromatic heterocycles. The number of thioether (sulfide) groups is 1. The van der Waals surface area contributed by atoms with E-state index in [4.69, 9.17) is 4.74 Å². The Bertz CT molecular complexity index is 1210. The van der Waals surface area contributed by atoms with Crippen molar-refractivity contribution in [1.29, 1.82) is 0 Å². The monoisotopic (exact) mass is 468 g/mol. The molecular formula is C24H24N2O4S2. The van der Waals surface area contributed by atoms with E-state index >= 15 is 0 Å². The molecule has 166 valence electrons. The van der Waals surface area contributed by atoms with Crippen LogP contribution in [0.2, 0.25) is 0 Å². The van der Waals surface area contributed by atoms with Crippen molar-refractivity contribution in [3.05, 3.63) is 83.9 Å². The van der Waals surface area contributed by atoms with Crippen LogP contribution in [0.3, 0.4) is 0 Å². The van der Waals surface area contributed by atoms with Crippen LogP contribution in [0.15, 0.2) is 82.6 Å². The highest BCUT2D eigenvalue weighted by atomic mass is 32.2. The van der Waals surface area contributed by atoms with Crippen LogP contribution in [0.25, 0.3) is 0 Å². The van der Waals surface area contributed by atoms with Gasteiger partial charge in [-0.15, -0.1) is 11.8 Å². The summed E-state index contributed by atoms with van der Waals surface area (Å²) in [7, 11) is -2.37. The van der Waals surface area contributed by atoms with Gasteiger partial charge in [-0.05, 0) is 48.7 Å². The lowest BCUT2D eigenvalue weighted by Crippen LogP contribution is -2.26. The molecule has 32 heavy (non-hydrogen) atoms. The molecule has 0 spiro atoms. The summed E-state index contributed by atoms with van der Waals surface area (Å²) in [5.74, 6) is 0.586. The van der Waals surface area contributed by atoms with E-state index in [-0.39, 0.29) is 28.2 Å². The second kappa shape index (κ2) is 9.77. The number of sulfonamides is 1. The Labute approximate surface area is 192 Å². The normalized spacial score (nSPS) is 13.5. The van der Waals surface area contributed by atoms with E-state index in [0.29, 0.717) is 5.69 Å². The highest BCUT2D eigenvalue weighted by molar-refractivity contribution is 7.98. The van der Waals surface area contributed by atoms with Gasteiger partial charge in [0.15, 0.2) is 0 Å². The molecular weight excluding hydrogens is 444 g/mol. The summed E-state index contributed by atoms with van der Waals surface area (Å²) in [4.78, 5) is 13.9. The van der Waals surface area contributed by atoms with Crippen molar-refractivity contribution in [2.24, 2.45) is 0 Å². The smallest absolute Gasteiger partial charge is 0.255 e. The van der Waals surface area contributed by atoms with E-state index in [1.54, 1.807) is 17.8 Å². The third kappa shape index (κ3) is 5.51. The first-order valence-corrected chi connectivity index (χ1v) is 12.7. The van der Waals surface area contributed by atoms with Crippen molar-refractivity contribution in [2.75, 3.05) is 12.4 Å². The lowest BCUT2D eigenvalue weighted by molar-refractivity contribution is 0.102. The predicted molar refractivity (Wildman–Crippen MR) is 127 cm³/mol. The van der Waals surface area contributed by atoms with Crippen molar-refractivity contribution in [2.45, 2.75) is 34.4 Å². The van der Waals surface area contributed by atoms with E-state index in [1.165, 1.54) is 24.8 Å². The van der Waals surface area contributed by atoms with Gasteiger partial charge >= 0.3 is 0 Å². The molecule has 0 unspecified atom stereocenters. The Balaban J connectivity index is 1.53. The molecule has 3 aromatic carbocycles. The van der Waals surface area contributed by atoms with Crippen LogP contribution in [0, 0.1) is 0 Å². The molecule has 1 amide bonds. The Kier molecular flexibility index (Phi) is 6.83. The van der Waals surface area contributed by atoms with Gasteiger partial charge < -0.3 is 10.1 Å². The van der Waals surface area contributed by atoms with Crippen molar-refractivity contribution < 1.29 is 17.9 Å². The van der Waals surface area contributed by atoms with Crippen molar-refractivity contribution in [1.82, 2.24) is 4.72 Å². The molecule has 0 aliphatic heterocycles. The molecule has 0 radical (unpaired) electrons. The lowest BCUT2D eigenvalue weighted by atomic mass is 10.2. The molecule has 0 saturated heterocycles. The summed E-state index contributed by atoms with van der Waals surface area (Å²) in [6.45, 7) is 0. The minimum Gasteiger partial charge on any atom is -0.495 e. The first kappa shape index (κ1) is 22.4. The average molecular weight is 469 g/mol. The Morgan fingerprint density at radius 1 is 1.03 bits per heavy atom. The van der Waals surface area contributed by atoms with Gasteiger partial charge in [0.1, 0.15) is 10.6 Å². The number of nitrogens with one attached hydrogen (secondary N) is 2. The molecule has 4 rings (SSSR count). The maximum Gasteiger partial charge on any atom is 0.255 e. The maximum absolute atomic E-state index is 13.0. The number of ether oxygens (including phenoxy) is 1. The van der Waals surface area contributed by atoms with Gasteiger partial charge in [0.05, 0.1) is 12.8 Å². The fourth-order valence-corrected chi connectivity index (χ4v) is 5.60. The molecule has 1 fully saturated rings. The van der Waals surface area contributed by atoms with E-state index in [9.17, 15) is 13.2 Å². The number of benzene rings is 3. The van der Waals surface area contributed by atoms with Gasteiger partial charge in [0.2, 0.25) is 10.0 Å². The molecule has 3 aromatic rings. The second-order valence-electron chi connectivity index (χ2n) is 7.49. The molecule has 1 saturated carbocycles. The Hall–Kier alpha value is -2.81. The number of carbonyl (C=O) groups excluding carboxylic acids is 1. The van der Waals surface area contributed by atoms with Crippen molar-refractivity contribution >= 4 is 33.4 Å². The van der Waals surface area contributed by atoms with E-state index in [2.05, 4.69) is 22.2 Å². The number of hydrogen-bond acceptors (Lipinski definition) is 5. The lowest BCUT2D eigenvalue weighted by Gasteiger charge is -2.14. The minimum absolute atomic E-state index is 0.0358. The van der Waals surface area contributed by atoms with Gasteiger partial charge in [-0.1, -0.05) is 42.5 Å². The predicted octanol–water partition coefficient (Wildman–Crippen LogP) is 4.68. The molecule has 0 bridgehead atoms. The number of methoxy groups -OCH3 is 1. The summed E-state index contributed by atoms with van der Waals surface area (Å²) in [6, 6.07) is 22.0. The number of hydrogen-bond donors (Lipinski definition) is 2. The molecule has 1 aliphatic carbocycles. The van der Waals surface area contributed by atoms with Gasteiger partial charge in [0.25, 0.3) is 5.91 Å². The van der Waals surface area contributed by atoms with Gasteiger partial charge in [-0.2, -0.15) is 0 Å². The van der Waals surface area contributed by atoms with Crippen LogP contribution < -0.4 is 14.8 Å². The van der Waals surface area contributed by atoms with Gasteiger partial charge in [0, 0.05) is 22.3 Å². The molecule has 2 N–H and O–H groups in total. The highest BCUT2D eigenvalue weighted by Gasteiger charge is 2.30. The third-order valence-electron chi connectivity index (χ3n) is 4.99. The maximum atomic E-state index is 13.0. The molecule has 8 heteroatoms. The fourth-order valence-electron chi connectivity index (χ4n) is 3.14. The van der Waals surface area contributed by atoms with E-state index < -0.39 is 10.0 Å². The van der Waals surface area contributed by atoms with Crippen LogP contribution in [-0.2, 0) is 15.8 Å². The van der Waals surface area contributed by atoms with Gasteiger partial charge in [-0.3, -0.25) is 4.79 Å². The summed E-state index contributed by atoms with van der Waals surface area (Å²) in [5.41, 5.74) is 2.10. The average Bonchev–Trinajstić information content (AvgIpc) is 3.62. The molecule has 1 aliphatic rings. The second-order valence-corrected chi connectivity index (χ2v) is 10.2. The Morgan fingerprint density at radius 2 is 1.75 bits per heavy atom. The van der Waals surface area contributed by atoms with Crippen LogP contribution >= 0.6 is 11.8 Å². The number of rotatable bonds is 9. The zero-order valence-electron chi connectivity index (χ0n) is 17.6. The SMILES string of the molecule is COc1ccc(C(=O)Nc2ccccc2SCc2ccccc2)cc1S(=O)(=O)NC1CC1. The molecule has 6 nitrogen and oxygen atoms in total. The standard InChI is InChI=1S/C24H24N2O4S2/c1-30-21-14-11-18(15-23(21)32(28,29)26-19-12-13-19)24(27)25-20-9-5-6-10-22(20)31-16-17-7-3-2-4-8-17/h2-11,14-15,19,26H,12-13,16H2,1H3,(H,25,27). The van der Waals surface area contributed by atoms with Gasteiger partial charge in [-0.25, -0.2) is 13.1 Å². The summed E-state index contributed by atoms with van der Waals surface area (Å²) in [6.07, 6.45) is 1.64. The van der Waals surface area contributed by atoms with Crippen LogP contribution in [-0.4, -0.2) is 27.5 Å². The van der Waals surface area contributed by atoms with Crippen LogP contribution in [0.4, 0.5) is 5.69 Å². The summed E-state index contributed by atoms with van der Waals surface area (Å²) >= 11 is 1.62. The first-order chi connectivity index (χ1) is 15.5. The number of amides is 1. The van der Waals surface area contributed by atoms with E-state index in [1.807, 2.05) is 42.5 Å². The topological polar surface area (TPSA) is 84.5 Å². The Morgan fingerprint density at radius 3 is 2.47 bits per heavy atom. The zero-order valence-corrected chi connectivity index (χ0v) is 19.2. The third-order valence-corrected chi connectivity index (χ3v) is 7.67. The number of anilines is 1. The zero-order chi connectivity index (χ0) is 22.6. The first-order valence-electron chi connectivity index (χ1n) is 10.2. The van der Waals surface area contributed by atoms with E-state index in [0.717, 1.165) is 23.5 Å². The fraction of sp³-hybridized carbons (Fsp3) is 0.208. The van der Waals surface area contributed by atoms with Crippen LogP contribution in [0.5, 0.6) is 5.75 Å². The molecule has 0 heterocycles. The highest BCUT2D eigenvalue weighted by Crippen LogP contribution is 2.31. The number of carbonyl (C=O) groups is 1. The largest absolute Gasteiger partial charge is 0.495 e. The summed E-state index contributed by atoms with van der Waals surface area (Å²) < 4.78 is 33.3. The van der Waals surface area contributed by atoms with Crippen LogP contribution in [0.1, 0.15) is 28.8 Å². The number of para-hydroxylation sites is 1. The quantitative estimate of drug-likeness (QED) is 0.446. The van der Waals surface area contributed by atoms with Crippen molar-refractivity contribution in [3.8, 4) is 5.75 Å². The molecule has 0 atom stereocenters.